The van der Waals surface area contributed by atoms with Gasteiger partial charge in [-0.3, -0.25) is 0 Å². The zero-order chi connectivity index (χ0) is 20.5. The van der Waals surface area contributed by atoms with E-state index in [2.05, 4.69) is 18.0 Å². The molecule has 0 unspecified atom stereocenters. The van der Waals surface area contributed by atoms with Gasteiger partial charge in [-0.05, 0) is 80.6 Å². The summed E-state index contributed by atoms with van der Waals surface area (Å²) in [5.41, 5.74) is -4.80. The normalized spacial score (nSPS) is 43.4. The second-order valence-electron chi connectivity index (χ2n) is 9.88. The van der Waals surface area contributed by atoms with E-state index in [-0.39, 0.29) is 11.2 Å². The van der Waals surface area contributed by atoms with Gasteiger partial charge in [0, 0.05) is 5.41 Å². The molecule has 3 fully saturated rings. The van der Waals surface area contributed by atoms with Crippen molar-refractivity contribution in [2.75, 3.05) is 0 Å². The molecule has 4 aliphatic carbocycles. The van der Waals surface area contributed by atoms with Crippen molar-refractivity contribution in [2.45, 2.75) is 71.2 Å². The topological polar surface area (TPSA) is 43.4 Å². The number of fused-ring (bicyclic) bond motifs is 5. The lowest BCUT2D eigenvalue weighted by Crippen LogP contribution is -2.50. The van der Waals surface area contributed by atoms with Crippen LogP contribution in [0.4, 0.5) is 13.2 Å². The van der Waals surface area contributed by atoms with Crippen molar-refractivity contribution in [1.82, 2.24) is 0 Å². The number of allylic oxidation sites excluding steroid dienone is 3. The first-order chi connectivity index (χ1) is 12.9. The summed E-state index contributed by atoms with van der Waals surface area (Å²) < 4.78 is 66.2. The van der Waals surface area contributed by atoms with Gasteiger partial charge in [0.15, 0.2) is 0 Å². The number of halogens is 3. The first-order valence-electron chi connectivity index (χ1n) is 10.3. The van der Waals surface area contributed by atoms with Crippen LogP contribution >= 0.6 is 0 Å². The highest BCUT2D eigenvalue weighted by Gasteiger charge is 2.58. The number of alkyl halides is 3. The Bertz CT molecular complexity index is 828. The molecule has 4 rings (SSSR count). The van der Waals surface area contributed by atoms with Crippen molar-refractivity contribution in [1.29, 1.82) is 0 Å². The van der Waals surface area contributed by atoms with Crippen LogP contribution in [-0.2, 0) is 14.3 Å². The van der Waals surface area contributed by atoms with Crippen molar-refractivity contribution >= 4 is 10.1 Å². The summed E-state index contributed by atoms with van der Waals surface area (Å²) in [5, 5.41) is 0. The van der Waals surface area contributed by atoms with Crippen LogP contribution in [0, 0.1) is 34.5 Å². The van der Waals surface area contributed by atoms with E-state index in [1.807, 2.05) is 13.0 Å². The minimum absolute atomic E-state index is 0.0668. The SMILES string of the molecule is C[C@H]1CC[C@@]2(C)[C@@H](CC[C@H]3C4=CC=C(OS(=O)(=O)C(F)(F)F)[C@@]4(C)CC[C@@H]32)C1. The third-order valence-corrected chi connectivity index (χ3v) is 9.35. The maximum atomic E-state index is 12.8. The van der Waals surface area contributed by atoms with Gasteiger partial charge in [-0.1, -0.05) is 31.9 Å². The molecule has 0 N–H and O–H groups in total. The number of hydrogen-bond acceptors (Lipinski definition) is 3. The smallest absolute Gasteiger partial charge is 0.380 e. The van der Waals surface area contributed by atoms with Gasteiger partial charge in [-0.15, -0.1) is 0 Å². The van der Waals surface area contributed by atoms with E-state index in [9.17, 15) is 21.6 Å². The lowest BCUT2D eigenvalue weighted by molar-refractivity contribution is -0.0640. The van der Waals surface area contributed by atoms with E-state index in [4.69, 9.17) is 0 Å². The third kappa shape index (κ3) is 2.86. The Hall–Kier alpha value is -0.980. The van der Waals surface area contributed by atoms with Crippen LogP contribution in [0.2, 0.25) is 0 Å². The highest BCUT2D eigenvalue weighted by molar-refractivity contribution is 7.87. The summed E-state index contributed by atoms with van der Waals surface area (Å²) >= 11 is 0. The summed E-state index contributed by atoms with van der Waals surface area (Å²) in [5.74, 6) is 2.24. The maximum absolute atomic E-state index is 12.8. The molecule has 0 spiro atoms. The highest BCUT2D eigenvalue weighted by Crippen LogP contribution is 2.65. The number of hydrogen-bond donors (Lipinski definition) is 0. The Morgan fingerprint density at radius 1 is 1.07 bits per heavy atom. The molecule has 6 atom stereocenters. The van der Waals surface area contributed by atoms with E-state index < -0.39 is 21.0 Å². The Morgan fingerprint density at radius 3 is 2.46 bits per heavy atom. The fourth-order valence-corrected chi connectivity index (χ4v) is 7.29. The predicted octanol–water partition coefficient (Wildman–Crippen LogP) is 5.95. The zero-order valence-electron chi connectivity index (χ0n) is 16.7. The van der Waals surface area contributed by atoms with Crippen LogP contribution in [0.15, 0.2) is 23.5 Å². The molecule has 158 valence electrons. The molecule has 4 aliphatic rings. The largest absolute Gasteiger partial charge is 0.534 e. The molecular formula is C21H29F3O3S. The Labute approximate surface area is 165 Å². The molecule has 0 aliphatic heterocycles. The summed E-state index contributed by atoms with van der Waals surface area (Å²) in [6, 6.07) is 0. The van der Waals surface area contributed by atoms with Gasteiger partial charge in [0.25, 0.3) is 0 Å². The van der Waals surface area contributed by atoms with E-state index in [1.165, 1.54) is 25.3 Å². The van der Waals surface area contributed by atoms with Gasteiger partial charge >= 0.3 is 15.6 Å². The van der Waals surface area contributed by atoms with Crippen LogP contribution in [0.25, 0.3) is 0 Å². The minimum atomic E-state index is -5.64. The molecule has 28 heavy (non-hydrogen) atoms. The van der Waals surface area contributed by atoms with Crippen molar-refractivity contribution < 1.29 is 25.8 Å². The molecular weight excluding hydrogens is 389 g/mol. The van der Waals surface area contributed by atoms with Crippen molar-refractivity contribution in [3.63, 3.8) is 0 Å². The standard InChI is InChI=1S/C21H29F3O3S/c1-13-8-10-19(2)14(12-13)4-5-15-16-6-7-18(20(16,3)11-9-17(15)19)27-28(25,26)21(22,23)24/h6-7,13-15,17H,4-5,8-12H2,1-3H3/t13-,14-,15-,17-,19-,20-/m0/s1. The quantitative estimate of drug-likeness (QED) is 0.411. The predicted molar refractivity (Wildman–Crippen MR) is 100 cm³/mol. The fourth-order valence-electron chi connectivity index (χ4n) is 6.72. The van der Waals surface area contributed by atoms with Crippen molar-refractivity contribution in [3.8, 4) is 0 Å². The highest BCUT2D eigenvalue weighted by atomic mass is 32.2. The van der Waals surface area contributed by atoms with Crippen LogP contribution < -0.4 is 0 Å². The van der Waals surface area contributed by atoms with E-state index in [1.54, 1.807) is 0 Å². The van der Waals surface area contributed by atoms with Crippen LogP contribution in [0.5, 0.6) is 0 Å². The van der Waals surface area contributed by atoms with Gasteiger partial charge in [0.05, 0.1) is 0 Å². The Balaban J connectivity index is 1.58. The molecule has 0 aromatic carbocycles. The molecule has 3 nitrogen and oxygen atoms in total. The van der Waals surface area contributed by atoms with Crippen LogP contribution in [0.1, 0.15) is 65.7 Å². The van der Waals surface area contributed by atoms with Gasteiger partial charge < -0.3 is 4.18 Å². The third-order valence-electron chi connectivity index (χ3n) is 8.39. The van der Waals surface area contributed by atoms with Gasteiger partial charge in [-0.2, -0.15) is 21.6 Å². The molecule has 0 saturated heterocycles. The Kier molecular flexibility index (Phi) is 4.54. The second-order valence-corrected chi connectivity index (χ2v) is 11.4. The monoisotopic (exact) mass is 418 g/mol. The van der Waals surface area contributed by atoms with Crippen molar-refractivity contribution in [3.05, 3.63) is 23.5 Å². The first kappa shape index (κ1) is 20.3. The van der Waals surface area contributed by atoms with E-state index in [0.29, 0.717) is 18.3 Å². The summed E-state index contributed by atoms with van der Waals surface area (Å²) in [4.78, 5) is 0. The first-order valence-corrected chi connectivity index (χ1v) is 11.7. The molecule has 7 heteroatoms. The zero-order valence-corrected chi connectivity index (χ0v) is 17.5. The Morgan fingerprint density at radius 2 is 1.79 bits per heavy atom. The second kappa shape index (κ2) is 6.26. The van der Waals surface area contributed by atoms with Crippen LogP contribution in [0.3, 0.4) is 0 Å². The van der Waals surface area contributed by atoms with E-state index >= 15 is 0 Å². The van der Waals surface area contributed by atoms with Gasteiger partial charge in [-0.25, -0.2) is 0 Å². The van der Waals surface area contributed by atoms with Gasteiger partial charge in [0.2, 0.25) is 0 Å². The average Bonchev–Trinajstić information content (AvgIpc) is 2.91. The average molecular weight is 419 g/mol. The summed E-state index contributed by atoms with van der Waals surface area (Å²) in [6.45, 7) is 6.59. The fraction of sp³-hybridized carbons (Fsp3) is 0.810. The molecule has 0 radical (unpaired) electrons. The summed E-state index contributed by atoms with van der Waals surface area (Å²) in [6.07, 6.45) is 10.7. The molecule has 0 bridgehead atoms. The van der Waals surface area contributed by atoms with Crippen molar-refractivity contribution in [2.24, 2.45) is 34.5 Å². The van der Waals surface area contributed by atoms with Crippen LogP contribution in [-0.4, -0.2) is 13.9 Å². The lowest BCUT2D eigenvalue weighted by atomic mass is 9.46. The maximum Gasteiger partial charge on any atom is 0.534 e. The van der Waals surface area contributed by atoms with E-state index in [0.717, 1.165) is 36.7 Å². The molecule has 0 aromatic rings. The molecule has 3 saturated carbocycles. The molecule has 0 aromatic heterocycles. The lowest BCUT2D eigenvalue weighted by Gasteiger charge is -2.59. The number of rotatable bonds is 2. The minimum Gasteiger partial charge on any atom is -0.380 e. The molecule has 0 heterocycles. The summed E-state index contributed by atoms with van der Waals surface area (Å²) in [7, 11) is -5.64. The molecule has 0 amide bonds. The van der Waals surface area contributed by atoms with Gasteiger partial charge in [0.1, 0.15) is 5.76 Å².